The van der Waals surface area contributed by atoms with Gasteiger partial charge in [0, 0.05) is 26.2 Å². The van der Waals surface area contributed by atoms with Gasteiger partial charge in [-0.1, -0.05) is 13.8 Å². The maximum Gasteiger partial charge on any atom is 0.0592 e. The SMILES string of the molecule is CCC1CN(CC(C)CO)CCC1O. The number of piperidine rings is 1. The summed E-state index contributed by atoms with van der Waals surface area (Å²) in [4.78, 5) is 2.36. The average Bonchev–Trinajstić information content (AvgIpc) is 2.20. The Balaban J connectivity index is 2.34. The van der Waals surface area contributed by atoms with Gasteiger partial charge in [0.25, 0.3) is 0 Å². The van der Waals surface area contributed by atoms with E-state index in [0.29, 0.717) is 11.8 Å². The molecule has 3 unspecified atom stereocenters. The van der Waals surface area contributed by atoms with Crippen LogP contribution in [0.4, 0.5) is 0 Å². The highest BCUT2D eigenvalue weighted by molar-refractivity contribution is 4.79. The molecular weight excluding hydrogens is 178 g/mol. The highest BCUT2D eigenvalue weighted by atomic mass is 16.3. The molecule has 2 N–H and O–H groups in total. The molecule has 1 aliphatic rings. The van der Waals surface area contributed by atoms with Crippen molar-refractivity contribution in [1.82, 2.24) is 4.90 Å². The molecule has 1 aliphatic heterocycles. The number of hydrogen-bond acceptors (Lipinski definition) is 3. The van der Waals surface area contributed by atoms with Crippen LogP contribution in [0.25, 0.3) is 0 Å². The van der Waals surface area contributed by atoms with Gasteiger partial charge in [-0.25, -0.2) is 0 Å². The molecule has 3 atom stereocenters. The molecule has 1 fully saturated rings. The summed E-state index contributed by atoms with van der Waals surface area (Å²) in [6.45, 7) is 7.37. The first-order chi connectivity index (χ1) is 6.67. The fourth-order valence-electron chi connectivity index (χ4n) is 2.16. The number of hydrogen-bond donors (Lipinski definition) is 2. The van der Waals surface area contributed by atoms with Crippen LogP contribution in [0.3, 0.4) is 0 Å². The summed E-state index contributed by atoms with van der Waals surface area (Å²) in [5.74, 6) is 0.775. The summed E-state index contributed by atoms with van der Waals surface area (Å²) in [6, 6.07) is 0. The Labute approximate surface area is 86.7 Å². The third-order valence-corrected chi connectivity index (χ3v) is 3.18. The van der Waals surface area contributed by atoms with Crippen LogP contribution in [0.1, 0.15) is 26.7 Å². The molecule has 1 saturated heterocycles. The summed E-state index contributed by atoms with van der Waals surface area (Å²) in [5.41, 5.74) is 0. The predicted octanol–water partition coefficient (Wildman–Crippen LogP) is 0.708. The van der Waals surface area contributed by atoms with Crippen LogP contribution in [-0.4, -0.2) is 47.5 Å². The molecule has 1 heterocycles. The van der Waals surface area contributed by atoms with Crippen molar-refractivity contribution < 1.29 is 10.2 Å². The normalized spacial score (nSPS) is 31.7. The smallest absolute Gasteiger partial charge is 0.0592 e. The first kappa shape index (κ1) is 12.0. The van der Waals surface area contributed by atoms with Crippen molar-refractivity contribution in [1.29, 1.82) is 0 Å². The minimum Gasteiger partial charge on any atom is -0.396 e. The van der Waals surface area contributed by atoms with E-state index >= 15 is 0 Å². The number of likely N-dealkylation sites (tertiary alicyclic amines) is 1. The quantitative estimate of drug-likeness (QED) is 0.704. The molecule has 0 saturated carbocycles. The van der Waals surface area contributed by atoms with E-state index < -0.39 is 0 Å². The van der Waals surface area contributed by atoms with Gasteiger partial charge in [0.05, 0.1) is 6.10 Å². The first-order valence-electron chi connectivity index (χ1n) is 5.68. The Morgan fingerprint density at radius 1 is 1.50 bits per heavy atom. The average molecular weight is 201 g/mol. The summed E-state index contributed by atoms with van der Waals surface area (Å²) in [6.07, 6.45) is 1.82. The largest absolute Gasteiger partial charge is 0.396 e. The molecule has 0 amide bonds. The van der Waals surface area contributed by atoms with Gasteiger partial charge in [-0.15, -0.1) is 0 Å². The van der Waals surface area contributed by atoms with Crippen molar-refractivity contribution in [2.75, 3.05) is 26.2 Å². The van der Waals surface area contributed by atoms with Crippen LogP contribution in [-0.2, 0) is 0 Å². The Kier molecular flexibility index (Phi) is 4.85. The fourth-order valence-corrected chi connectivity index (χ4v) is 2.16. The van der Waals surface area contributed by atoms with Crippen LogP contribution in [0, 0.1) is 11.8 Å². The highest BCUT2D eigenvalue weighted by Crippen LogP contribution is 2.20. The molecule has 84 valence electrons. The van der Waals surface area contributed by atoms with E-state index in [1.54, 1.807) is 0 Å². The van der Waals surface area contributed by atoms with Crippen molar-refractivity contribution in [3.05, 3.63) is 0 Å². The maximum atomic E-state index is 9.70. The lowest BCUT2D eigenvalue weighted by Gasteiger charge is -2.36. The molecule has 14 heavy (non-hydrogen) atoms. The molecule has 0 aromatic carbocycles. The Morgan fingerprint density at radius 3 is 2.79 bits per heavy atom. The van der Waals surface area contributed by atoms with E-state index in [1.807, 2.05) is 0 Å². The lowest BCUT2D eigenvalue weighted by Crippen LogP contribution is -2.44. The van der Waals surface area contributed by atoms with Gasteiger partial charge in [-0.2, -0.15) is 0 Å². The van der Waals surface area contributed by atoms with E-state index in [1.165, 1.54) is 0 Å². The Morgan fingerprint density at radius 2 is 2.21 bits per heavy atom. The maximum absolute atomic E-state index is 9.70. The Hall–Kier alpha value is -0.120. The molecular formula is C11H23NO2. The van der Waals surface area contributed by atoms with Gasteiger partial charge in [-0.3, -0.25) is 0 Å². The van der Waals surface area contributed by atoms with Gasteiger partial charge in [-0.05, 0) is 24.7 Å². The van der Waals surface area contributed by atoms with Crippen molar-refractivity contribution in [2.45, 2.75) is 32.8 Å². The minimum atomic E-state index is -0.110. The van der Waals surface area contributed by atoms with E-state index in [9.17, 15) is 5.11 Å². The lowest BCUT2D eigenvalue weighted by atomic mass is 9.92. The van der Waals surface area contributed by atoms with E-state index in [4.69, 9.17) is 5.11 Å². The topological polar surface area (TPSA) is 43.7 Å². The van der Waals surface area contributed by atoms with Crippen molar-refractivity contribution in [3.8, 4) is 0 Å². The van der Waals surface area contributed by atoms with Crippen LogP contribution in [0.5, 0.6) is 0 Å². The third kappa shape index (κ3) is 3.23. The standard InChI is InChI=1S/C11H23NO2/c1-3-10-7-12(5-4-11(10)14)6-9(2)8-13/h9-11,13-14H,3-8H2,1-2H3. The molecule has 0 bridgehead atoms. The number of aliphatic hydroxyl groups is 2. The highest BCUT2D eigenvalue weighted by Gasteiger charge is 2.26. The Bertz CT molecular complexity index is 163. The van der Waals surface area contributed by atoms with Crippen LogP contribution in [0.2, 0.25) is 0 Å². The molecule has 3 heteroatoms. The summed E-state index contributed by atoms with van der Waals surface area (Å²) < 4.78 is 0. The molecule has 0 radical (unpaired) electrons. The fraction of sp³-hybridized carbons (Fsp3) is 1.00. The lowest BCUT2D eigenvalue weighted by molar-refractivity contribution is 0.0172. The second-order valence-electron chi connectivity index (χ2n) is 4.57. The molecule has 0 aliphatic carbocycles. The van der Waals surface area contributed by atoms with Gasteiger partial charge < -0.3 is 15.1 Å². The molecule has 0 aromatic rings. The second-order valence-corrected chi connectivity index (χ2v) is 4.57. The summed E-state index contributed by atoms with van der Waals surface area (Å²) in [5, 5.41) is 18.7. The van der Waals surface area contributed by atoms with Crippen molar-refractivity contribution >= 4 is 0 Å². The van der Waals surface area contributed by atoms with Gasteiger partial charge >= 0.3 is 0 Å². The second kappa shape index (κ2) is 5.69. The minimum absolute atomic E-state index is 0.110. The van der Waals surface area contributed by atoms with Crippen molar-refractivity contribution in [2.24, 2.45) is 11.8 Å². The zero-order chi connectivity index (χ0) is 10.6. The first-order valence-corrected chi connectivity index (χ1v) is 5.68. The molecule has 1 rings (SSSR count). The molecule has 3 nitrogen and oxygen atoms in total. The van der Waals surface area contributed by atoms with E-state index in [2.05, 4.69) is 18.7 Å². The summed E-state index contributed by atoms with van der Waals surface area (Å²) in [7, 11) is 0. The van der Waals surface area contributed by atoms with Gasteiger partial charge in [0.2, 0.25) is 0 Å². The van der Waals surface area contributed by atoms with Crippen LogP contribution < -0.4 is 0 Å². The zero-order valence-electron chi connectivity index (χ0n) is 9.32. The van der Waals surface area contributed by atoms with Crippen LogP contribution >= 0.6 is 0 Å². The summed E-state index contributed by atoms with van der Waals surface area (Å²) >= 11 is 0. The van der Waals surface area contributed by atoms with Crippen molar-refractivity contribution in [3.63, 3.8) is 0 Å². The van der Waals surface area contributed by atoms with Gasteiger partial charge in [0.1, 0.15) is 0 Å². The number of aliphatic hydroxyl groups excluding tert-OH is 2. The zero-order valence-corrected chi connectivity index (χ0v) is 9.32. The third-order valence-electron chi connectivity index (χ3n) is 3.18. The number of nitrogens with zero attached hydrogens (tertiary/aromatic N) is 1. The monoisotopic (exact) mass is 201 g/mol. The van der Waals surface area contributed by atoms with Crippen LogP contribution in [0.15, 0.2) is 0 Å². The van der Waals surface area contributed by atoms with E-state index in [-0.39, 0.29) is 12.7 Å². The van der Waals surface area contributed by atoms with E-state index in [0.717, 1.165) is 32.5 Å². The number of rotatable bonds is 4. The van der Waals surface area contributed by atoms with Gasteiger partial charge in [0.15, 0.2) is 0 Å². The molecule has 0 aromatic heterocycles. The molecule has 0 spiro atoms. The predicted molar refractivity (Wildman–Crippen MR) is 57.1 cm³/mol.